The second kappa shape index (κ2) is 6.45. The highest BCUT2D eigenvalue weighted by Crippen LogP contribution is 2.26. The van der Waals surface area contributed by atoms with Crippen LogP contribution >= 0.6 is 0 Å². The van der Waals surface area contributed by atoms with E-state index in [2.05, 4.69) is 10.1 Å². The average Bonchev–Trinajstić information content (AvgIpc) is 2.24. The first kappa shape index (κ1) is 13.8. The van der Waals surface area contributed by atoms with Crippen LogP contribution in [0.4, 0.5) is 13.2 Å². The SMILES string of the molecule is C[C@H](NCCOC(F)(F)F)C1CCCCC1. The number of rotatable bonds is 5. The van der Waals surface area contributed by atoms with Crippen LogP contribution in [-0.2, 0) is 4.74 Å². The topological polar surface area (TPSA) is 21.3 Å². The van der Waals surface area contributed by atoms with Gasteiger partial charge in [0.05, 0.1) is 6.61 Å². The summed E-state index contributed by atoms with van der Waals surface area (Å²) in [6.45, 7) is 2.00. The molecule has 16 heavy (non-hydrogen) atoms. The van der Waals surface area contributed by atoms with Gasteiger partial charge in [-0.2, -0.15) is 0 Å². The molecule has 0 saturated heterocycles. The number of hydrogen-bond donors (Lipinski definition) is 1. The predicted molar refractivity (Wildman–Crippen MR) is 56.0 cm³/mol. The van der Waals surface area contributed by atoms with Crippen LogP contribution in [0.5, 0.6) is 0 Å². The van der Waals surface area contributed by atoms with Crippen LogP contribution < -0.4 is 5.32 Å². The van der Waals surface area contributed by atoms with E-state index < -0.39 is 6.36 Å². The highest BCUT2D eigenvalue weighted by atomic mass is 19.4. The van der Waals surface area contributed by atoms with Crippen LogP contribution in [0.15, 0.2) is 0 Å². The van der Waals surface area contributed by atoms with Crippen LogP contribution in [0.2, 0.25) is 0 Å². The van der Waals surface area contributed by atoms with E-state index in [9.17, 15) is 13.2 Å². The fraction of sp³-hybridized carbons (Fsp3) is 1.00. The first-order valence-corrected chi connectivity index (χ1v) is 5.93. The van der Waals surface area contributed by atoms with Gasteiger partial charge in [0.2, 0.25) is 0 Å². The molecule has 0 aromatic carbocycles. The molecule has 2 nitrogen and oxygen atoms in total. The van der Waals surface area contributed by atoms with E-state index in [1.54, 1.807) is 0 Å². The summed E-state index contributed by atoms with van der Waals surface area (Å²) in [6.07, 6.45) is 1.66. The maximum Gasteiger partial charge on any atom is 0.522 e. The lowest BCUT2D eigenvalue weighted by atomic mass is 9.84. The molecule has 1 atom stereocenters. The van der Waals surface area contributed by atoms with Crippen molar-refractivity contribution in [2.45, 2.75) is 51.4 Å². The van der Waals surface area contributed by atoms with E-state index in [0.29, 0.717) is 5.92 Å². The molecular formula is C11H20F3NO. The van der Waals surface area contributed by atoms with Crippen LogP contribution in [0.25, 0.3) is 0 Å². The van der Waals surface area contributed by atoms with Gasteiger partial charge in [-0.1, -0.05) is 19.3 Å². The number of ether oxygens (including phenoxy) is 1. The lowest BCUT2D eigenvalue weighted by Crippen LogP contribution is -2.37. The molecule has 0 aliphatic heterocycles. The number of nitrogens with one attached hydrogen (secondary N) is 1. The molecule has 96 valence electrons. The maximum atomic E-state index is 11.7. The molecule has 0 radical (unpaired) electrons. The summed E-state index contributed by atoms with van der Waals surface area (Å²) >= 11 is 0. The Morgan fingerprint density at radius 1 is 1.25 bits per heavy atom. The number of alkyl halides is 3. The van der Waals surface area contributed by atoms with Gasteiger partial charge in [-0.3, -0.25) is 4.74 Å². The molecule has 1 rings (SSSR count). The summed E-state index contributed by atoms with van der Waals surface area (Å²) in [6, 6.07) is 0.289. The molecule has 0 heterocycles. The molecule has 0 unspecified atom stereocenters. The Kier molecular flexibility index (Phi) is 5.55. The summed E-state index contributed by atoms with van der Waals surface area (Å²) in [5.74, 6) is 0.611. The van der Waals surface area contributed by atoms with E-state index in [-0.39, 0.29) is 19.2 Å². The predicted octanol–water partition coefficient (Wildman–Crippen LogP) is 3.08. The third kappa shape index (κ3) is 5.70. The molecule has 0 amide bonds. The van der Waals surface area contributed by atoms with Crippen molar-refractivity contribution in [1.29, 1.82) is 0 Å². The van der Waals surface area contributed by atoms with Gasteiger partial charge < -0.3 is 5.32 Å². The molecule has 1 saturated carbocycles. The molecule has 0 spiro atoms. The van der Waals surface area contributed by atoms with Crippen molar-refractivity contribution in [3.8, 4) is 0 Å². The molecule has 1 aliphatic rings. The highest BCUT2D eigenvalue weighted by molar-refractivity contribution is 4.75. The van der Waals surface area contributed by atoms with Crippen molar-refractivity contribution >= 4 is 0 Å². The second-order valence-corrected chi connectivity index (χ2v) is 4.44. The van der Waals surface area contributed by atoms with Crippen LogP contribution in [-0.4, -0.2) is 25.6 Å². The fourth-order valence-corrected chi connectivity index (χ4v) is 2.25. The quantitative estimate of drug-likeness (QED) is 0.744. The lowest BCUT2D eigenvalue weighted by Gasteiger charge is -2.28. The summed E-state index contributed by atoms with van der Waals surface area (Å²) in [5.41, 5.74) is 0. The van der Waals surface area contributed by atoms with E-state index in [0.717, 1.165) is 0 Å². The van der Waals surface area contributed by atoms with E-state index in [1.165, 1.54) is 32.1 Å². The van der Waals surface area contributed by atoms with Crippen LogP contribution in [0.1, 0.15) is 39.0 Å². The van der Waals surface area contributed by atoms with E-state index in [1.807, 2.05) is 6.92 Å². The van der Waals surface area contributed by atoms with Gasteiger partial charge in [-0.25, -0.2) is 0 Å². The summed E-state index contributed by atoms with van der Waals surface area (Å²) in [7, 11) is 0. The van der Waals surface area contributed by atoms with E-state index in [4.69, 9.17) is 0 Å². The molecule has 1 aliphatic carbocycles. The minimum absolute atomic E-state index is 0.261. The zero-order valence-corrected chi connectivity index (χ0v) is 9.65. The van der Waals surface area contributed by atoms with Gasteiger partial charge in [0.15, 0.2) is 0 Å². The zero-order chi connectivity index (χ0) is 12.0. The molecule has 1 fully saturated rings. The minimum Gasteiger partial charge on any atom is -0.312 e. The van der Waals surface area contributed by atoms with Gasteiger partial charge in [0.1, 0.15) is 0 Å². The Morgan fingerprint density at radius 3 is 2.44 bits per heavy atom. The van der Waals surface area contributed by atoms with Gasteiger partial charge in [0.25, 0.3) is 0 Å². The average molecular weight is 239 g/mol. The fourth-order valence-electron chi connectivity index (χ4n) is 2.25. The molecule has 5 heteroatoms. The number of halogens is 3. The van der Waals surface area contributed by atoms with Crippen molar-refractivity contribution in [2.75, 3.05) is 13.2 Å². The van der Waals surface area contributed by atoms with Gasteiger partial charge in [-0.05, 0) is 25.7 Å². The molecule has 0 aromatic heterocycles. The van der Waals surface area contributed by atoms with Crippen molar-refractivity contribution < 1.29 is 17.9 Å². The van der Waals surface area contributed by atoms with Crippen molar-refractivity contribution in [3.63, 3.8) is 0 Å². The molecular weight excluding hydrogens is 219 g/mol. The Hall–Kier alpha value is -0.290. The maximum absolute atomic E-state index is 11.7. The van der Waals surface area contributed by atoms with Crippen molar-refractivity contribution in [1.82, 2.24) is 5.32 Å². The van der Waals surface area contributed by atoms with Gasteiger partial charge >= 0.3 is 6.36 Å². The highest BCUT2D eigenvalue weighted by Gasteiger charge is 2.28. The second-order valence-electron chi connectivity index (χ2n) is 4.44. The van der Waals surface area contributed by atoms with Gasteiger partial charge in [-0.15, -0.1) is 13.2 Å². The van der Waals surface area contributed by atoms with Gasteiger partial charge in [0, 0.05) is 12.6 Å². The first-order valence-electron chi connectivity index (χ1n) is 5.93. The first-order chi connectivity index (χ1) is 7.49. The molecule has 0 bridgehead atoms. The third-order valence-electron chi connectivity index (χ3n) is 3.19. The summed E-state index contributed by atoms with van der Waals surface area (Å²) in [5, 5.41) is 3.10. The summed E-state index contributed by atoms with van der Waals surface area (Å²) in [4.78, 5) is 0. The zero-order valence-electron chi connectivity index (χ0n) is 9.65. The Labute approximate surface area is 94.5 Å². The Morgan fingerprint density at radius 2 is 1.88 bits per heavy atom. The van der Waals surface area contributed by atoms with Crippen LogP contribution in [0, 0.1) is 5.92 Å². The van der Waals surface area contributed by atoms with Crippen LogP contribution in [0.3, 0.4) is 0 Å². The standard InChI is InChI=1S/C11H20F3NO/c1-9(10-5-3-2-4-6-10)15-7-8-16-11(12,13)14/h9-10,15H,2-8H2,1H3/t9-/m0/s1. The number of hydrogen-bond acceptors (Lipinski definition) is 2. The molecule has 1 N–H and O–H groups in total. The Balaban J connectivity index is 2.07. The monoisotopic (exact) mass is 239 g/mol. The van der Waals surface area contributed by atoms with Crippen molar-refractivity contribution in [2.24, 2.45) is 5.92 Å². The lowest BCUT2D eigenvalue weighted by molar-refractivity contribution is -0.323. The third-order valence-corrected chi connectivity index (χ3v) is 3.19. The van der Waals surface area contributed by atoms with Crippen molar-refractivity contribution in [3.05, 3.63) is 0 Å². The largest absolute Gasteiger partial charge is 0.522 e. The van der Waals surface area contributed by atoms with E-state index >= 15 is 0 Å². The summed E-state index contributed by atoms with van der Waals surface area (Å²) < 4.78 is 38.8. The minimum atomic E-state index is -4.50. The smallest absolute Gasteiger partial charge is 0.312 e. The normalized spacial score (nSPS) is 21.0. The Bertz CT molecular complexity index is 190. The molecule has 0 aromatic rings.